The fourth-order valence-corrected chi connectivity index (χ4v) is 2.35. The van der Waals surface area contributed by atoms with Crippen molar-refractivity contribution in [1.82, 2.24) is 0 Å². The predicted molar refractivity (Wildman–Crippen MR) is 63.3 cm³/mol. The van der Waals surface area contributed by atoms with Crippen LogP contribution in [0.25, 0.3) is 0 Å². The van der Waals surface area contributed by atoms with Crippen molar-refractivity contribution >= 4 is 5.69 Å². The molecule has 19 heavy (non-hydrogen) atoms. The molecule has 1 heterocycles. The van der Waals surface area contributed by atoms with Gasteiger partial charge in [0.15, 0.2) is 0 Å². The van der Waals surface area contributed by atoms with Gasteiger partial charge in [0.25, 0.3) is 0 Å². The molecule has 1 aliphatic rings. The van der Waals surface area contributed by atoms with Crippen molar-refractivity contribution in [3.05, 3.63) is 29.6 Å². The van der Waals surface area contributed by atoms with Crippen LogP contribution >= 0.6 is 0 Å². The summed E-state index contributed by atoms with van der Waals surface area (Å²) in [5.41, 5.74) is 0.754. The van der Waals surface area contributed by atoms with E-state index in [0.29, 0.717) is 11.3 Å². The van der Waals surface area contributed by atoms with Gasteiger partial charge < -0.3 is 10.0 Å². The third kappa shape index (κ3) is 3.18. The molecular formula is C13H15F4NO. The first kappa shape index (κ1) is 14.1. The molecular weight excluding hydrogens is 262 g/mol. The minimum Gasteiger partial charge on any atom is -0.392 e. The van der Waals surface area contributed by atoms with Gasteiger partial charge in [-0.25, -0.2) is 4.39 Å². The van der Waals surface area contributed by atoms with Crippen LogP contribution in [0.1, 0.15) is 18.4 Å². The van der Waals surface area contributed by atoms with E-state index in [1.54, 1.807) is 11.0 Å². The number of aliphatic hydroxyl groups is 1. The monoisotopic (exact) mass is 277 g/mol. The first-order chi connectivity index (χ1) is 8.91. The second kappa shape index (κ2) is 5.36. The van der Waals surface area contributed by atoms with E-state index in [4.69, 9.17) is 5.11 Å². The molecule has 106 valence electrons. The molecule has 0 aromatic heterocycles. The maximum absolute atomic E-state index is 13.8. The van der Waals surface area contributed by atoms with Crippen molar-refractivity contribution in [2.75, 3.05) is 18.0 Å². The second-order valence-corrected chi connectivity index (χ2v) is 4.75. The molecule has 0 atom stereocenters. The Kier molecular flexibility index (Phi) is 3.99. The molecule has 6 heteroatoms. The molecule has 1 saturated heterocycles. The molecule has 2 rings (SSSR count). The van der Waals surface area contributed by atoms with Gasteiger partial charge in [-0.1, -0.05) is 6.07 Å². The van der Waals surface area contributed by atoms with Gasteiger partial charge >= 0.3 is 6.18 Å². The standard InChI is InChI=1S/C13H15F4NO/c14-11-7-9(8-19)1-2-12(11)18-5-3-10(4-6-18)13(15,16)17/h1-2,7,10,19H,3-6,8H2. The number of rotatable bonds is 2. The predicted octanol–water partition coefficient (Wildman–Crippen LogP) is 3.10. The lowest BCUT2D eigenvalue weighted by Crippen LogP contribution is -2.39. The van der Waals surface area contributed by atoms with E-state index in [9.17, 15) is 17.6 Å². The molecule has 0 unspecified atom stereocenters. The Bertz CT molecular complexity index is 439. The van der Waals surface area contributed by atoms with Crippen molar-refractivity contribution in [2.24, 2.45) is 5.92 Å². The van der Waals surface area contributed by atoms with Gasteiger partial charge in [0.1, 0.15) is 5.82 Å². The summed E-state index contributed by atoms with van der Waals surface area (Å²) in [5.74, 6) is -1.79. The Morgan fingerprint density at radius 1 is 1.21 bits per heavy atom. The summed E-state index contributed by atoms with van der Waals surface area (Å²) in [6.45, 7) is 0.131. The highest BCUT2D eigenvalue weighted by molar-refractivity contribution is 5.49. The molecule has 0 radical (unpaired) electrons. The van der Waals surface area contributed by atoms with E-state index >= 15 is 0 Å². The zero-order valence-electron chi connectivity index (χ0n) is 10.3. The van der Waals surface area contributed by atoms with Crippen LogP contribution in [0.15, 0.2) is 18.2 Å². The first-order valence-electron chi connectivity index (χ1n) is 6.12. The van der Waals surface area contributed by atoms with Crippen LogP contribution in [0.4, 0.5) is 23.2 Å². The smallest absolute Gasteiger partial charge is 0.391 e. The van der Waals surface area contributed by atoms with E-state index < -0.39 is 17.9 Å². The summed E-state index contributed by atoms with van der Waals surface area (Å²) in [6, 6.07) is 4.30. The average Bonchev–Trinajstić information content (AvgIpc) is 2.37. The van der Waals surface area contributed by atoms with E-state index in [0.717, 1.165) is 0 Å². The van der Waals surface area contributed by atoms with Gasteiger partial charge in [0.2, 0.25) is 0 Å². The number of alkyl halides is 3. The van der Waals surface area contributed by atoms with E-state index in [1.807, 2.05) is 0 Å². The fourth-order valence-electron chi connectivity index (χ4n) is 2.35. The molecule has 0 saturated carbocycles. The van der Waals surface area contributed by atoms with Gasteiger partial charge in [-0.15, -0.1) is 0 Å². The Morgan fingerprint density at radius 3 is 2.32 bits per heavy atom. The number of piperidine rings is 1. The summed E-state index contributed by atoms with van der Waals surface area (Å²) in [5, 5.41) is 8.88. The van der Waals surface area contributed by atoms with Gasteiger partial charge in [0.05, 0.1) is 18.2 Å². The van der Waals surface area contributed by atoms with E-state index in [2.05, 4.69) is 0 Å². The van der Waals surface area contributed by atoms with Gasteiger partial charge in [-0.3, -0.25) is 0 Å². The number of halogens is 4. The van der Waals surface area contributed by atoms with Crippen LogP contribution in [0, 0.1) is 11.7 Å². The SMILES string of the molecule is OCc1ccc(N2CCC(C(F)(F)F)CC2)c(F)c1. The Balaban J connectivity index is 2.06. The minimum atomic E-state index is -4.16. The maximum atomic E-state index is 13.8. The Morgan fingerprint density at radius 2 is 1.84 bits per heavy atom. The van der Waals surface area contributed by atoms with Crippen LogP contribution in [-0.2, 0) is 6.61 Å². The van der Waals surface area contributed by atoms with Crippen molar-refractivity contribution < 1.29 is 22.7 Å². The summed E-state index contributed by atoms with van der Waals surface area (Å²) >= 11 is 0. The first-order valence-corrected chi connectivity index (χ1v) is 6.12. The lowest BCUT2D eigenvalue weighted by molar-refractivity contribution is -0.179. The van der Waals surface area contributed by atoms with E-state index in [-0.39, 0.29) is 32.5 Å². The zero-order chi connectivity index (χ0) is 14.0. The number of hydrogen-bond acceptors (Lipinski definition) is 2. The Labute approximate surface area is 108 Å². The largest absolute Gasteiger partial charge is 0.392 e. The van der Waals surface area contributed by atoms with Crippen molar-refractivity contribution in [3.63, 3.8) is 0 Å². The summed E-state index contributed by atoms with van der Waals surface area (Å²) in [6.07, 6.45) is -4.18. The lowest BCUT2D eigenvalue weighted by atomic mass is 9.96. The van der Waals surface area contributed by atoms with Crippen LogP contribution in [0.5, 0.6) is 0 Å². The van der Waals surface area contributed by atoms with Crippen LogP contribution in [-0.4, -0.2) is 24.4 Å². The highest BCUT2D eigenvalue weighted by Gasteiger charge is 2.41. The number of hydrogen-bond donors (Lipinski definition) is 1. The number of nitrogens with zero attached hydrogens (tertiary/aromatic N) is 1. The topological polar surface area (TPSA) is 23.5 Å². The molecule has 1 aliphatic heterocycles. The van der Waals surface area contributed by atoms with Crippen LogP contribution < -0.4 is 4.90 Å². The summed E-state index contributed by atoms with van der Waals surface area (Å²) in [7, 11) is 0. The average molecular weight is 277 g/mol. The highest BCUT2D eigenvalue weighted by atomic mass is 19.4. The van der Waals surface area contributed by atoms with Crippen LogP contribution in [0.2, 0.25) is 0 Å². The molecule has 1 aromatic rings. The van der Waals surface area contributed by atoms with Gasteiger partial charge in [-0.05, 0) is 30.5 Å². The Hall–Kier alpha value is -1.30. The third-order valence-electron chi connectivity index (χ3n) is 3.49. The molecule has 0 bridgehead atoms. The molecule has 1 aromatic carbocycles. The van der Waals surface area contributed by atoms with Crippen LogP contribution in [0.3, 0.4) is 0 Å². The van der Waals surface area contributed by atoms with Crippen molar-refractivity contribution in [1.29, 1.82) is 0 Å². The molecule has 2 nitrogen and oxygen atoms in total. The fraction of sp³-hybridized carbons (Fsp3) is 0.538. The zero-order valence-corrected chi connectivity index (χ0v) is 10.3. The normalized spacial score (nSPS) is 17.8. The molecule has 1 fully saturated rings. The third-order valence-corrected chi connectivity index (χ3v) is 3.49. The highest BCUT2D eigenvalue weighted by Crippen LogP contribution is 2.35. The lowest BCUT2D eigenvalue weighted by Gasteiger charge is -2.34. The minimum absolute atomic E-state index is 0.00923. The second-order valence-electron chi connectivity index (χ2n) is 4.75. The molecule has 0 spiro atoms. The van der Waals surface area contributed by atoms with Gasteiger partial charge in [0, 0.05) is 13.1 Å². The molecule has 0 amide bonds. The maximum Gasteiger partial charge on any atom is 0.391 e. The van der Waals surface area contributed by atoms with Crippen molar-refractivity contribution in [2.45, 2.75) is 25.6 Å². The summed E-state index contributed by atoms with van der Waals surface area (Å²) < 4.78 is 51.4. The number of benzene rings is 1. The van der Waals surface area contributed by atoms with Gasteiger partial charge in [-0.2, -0.15) is 13.2 Å². The van der Waals surface area contributed by atoms with E-state index in [1.165, 1.54) is 12.1 Å². The van der Waals surface area contributed by atoms with Crippen molar-refractivity contribution in [3.8, 4) is 0 Å². The molecule has 1 N–H and O–H groups in total. The molecule has 0 aliphatic carbocycles. The summed E-state index contributed by atoms with van der Waals surface area (Å²) in [4.78, 5) is 1.62. The quantitative estimate of drug-likeness (QED) is 0.840. The number of aliphatic hydroxyl groups excluding tert-OH is 1. The number of anilines is 1.